The molecule has 1 heterocycles. The van der Waals surface area contributed by atoms with Crippen molar-refractivity contribution >= 4 is 22.9 Å². The highest BCUT2D eigenvalue weighted by atomic mass is 16.6. The molecule has 0 aliphatic rings. The Bertz CT molecular complexity index is 515. The van der Waals surface area contributed by atoms with Crippen LogP contribution in [-0.4, -0.2) is 11.2 Å². The van der Waals surface area contributed by atoms with Crippen LogP contribution in [0.5, 0.6) is 0 Å². The molecule has 5 nitrogen and oxygen atoms in total. The summed E-state index contributed by atoms with van der Waals surface area (Å²) in [5.74, 6) is -0.365. The van der Waals surface area contributed by atoms with Crippen LogP contribution in [0.4, 0.5) is 5.69 Å². The third-order valence-corrected chi connectivity index (χ3v) is 1.84. The molecular weight excluding hydrogens is 186 g/mol. The molecule has 14 heavy (non-hydrogen) atoms. The first kappa shape index (κ1) is 8.43. The second-order valence-electron chi connectivity index (χ2n) is 2.64. The third kappa shape index (κ3) is 1.06. The fourth-order valence-corrected chi connectivity index (χ4v) is 1.28. The molecular formula is C9H4NO4. The molecule has 5 heteroatoms. The average molecular weight is 190 g/mol. The lowest BCUT2D eigenvalue weighted by Crippen LogP contribution is -1.90. The van der Waals surface area contributed by atoms with Crippen LogP contribution in [0.3, 0.4) is 0 Å². The van der Waals surface area contributed by atoms with Crippen LogP contribution in [-0.2, 0) is 4.79 Å². The van der Waals surface area contributed by atoms with Crippen LogP contribution >= 0.6 is 0 Å². The lowest BCUT2D eigenvalue weighted by molar-refractivity contribution is -0.383. The first-order chi connectivity index (χ1) is 6.74. The fourth-order valence-electron chi connectivity index (χ4n) is 1.28. The van der Waals surface area contributed by atoms with Gasteiger partial charge in [-0.15, -0.1) is 0 Å². The molecule has 0 bridgehead atoms. The van der Waals surface area contributed by atoms with Gasteiger partial charge in [0.25, 0.3) is 12.0 Å². The molecule has 0 saturated heterocycles. The Morgan fingerprint density at radius 2 is 2.07 bits per heavy atom. The number of carbonyl (C=O) groups excluding carboxylic acids is 1. The number of nitrogens with zero attached hydrogens (tertiary/aromatic N) is 1. The van der Waals surface area contributed by atoms with Crippen molar-refractivity contribution in [2.24, 2.45) is 0 Å². The molecule has 1 radical (unpaired) electrons. The quantitative estimate of drug-likeness (QED) is 0.534. The predicted molar refractivity (Wildman–Crippen MR) is 47.7 cm³/mol. The van der Waals surface area contributed by atoms with Crippen molar-refractivity contribution in [1.29, 1.82) is 0 Å². The van der Waals surface area contributed by atoms with Gasteiger partial charge >= 0.3 is 5.69 Å². The Kier molecular flexibility index (Phi) is 1.78. The van der Waals surface area contributed by atoms with Gasteiger partial charge in [0.15, 0.2) is 0 Å². The van der Waals surface area contributed by atoms with Gasteiger partial charge in [-0.1, -0.05) is 12.1 Å². The highest BCUT2D eigenvalue weighted by molar-refractivity contribution is 5.96. The molecule has 0 aliphatic carbocycles. The van der Waals surface area contributed by atoms with Crippen molar-refractivity contribution in [2.45, 2.75) is 0 Å². The lowest BCUT2D eigenvalue weighted by Gasteiger charge is -1.85. The number of benzene rings is 1. The molecule has 0 amide bonds. The fraction of sp³-hybridized carbons (Fsp3) is 0. The summed E-state index contributed by atoms with van der Waals surface area (Å²) in [7, 11) is 0. The number of para-hydroxylation sites is 1. The molecule has 2 rings (SSSR count). The molecule has 0 fully saturated rings. The zero-order chi connectivity index (χ0) is 10.1. The number of rotatable bonds is 2. The molecule has 0 atom stereocenters. The largest absolute Gasteiger partial charge is 0.445 e. The number of nitro groups is 1. The Labute approximate surface area is 78.1 Å². The summed E-state index contributed by atoms with van der Waals surface area (Å²) in [5, 5.41) is 10.9. The van der Waals surface area contributed by atoms with E-state index in [9.17, 15) is 14.9 Å². The Balaban J connectivity index is 2.87. The van der Waals surface area contributed by atoms with Crippen molar-refractivity contribution in [3.63, 3.8) is 0 Å². The van der Waals surface area contributed by atoms with Gasteiger partial charge in [-0.25, -0.2) is 0 Å². The summed E-state index contributed by atoms with van der Waals surface area (Å²) in [4.78, 5) is 20.4. The minimum atomic E-state index is -0.647. The van der Waals surface area contributed by atoms with E-state index in [1.165, 1.54) is 12.4 Å². The van der Waals surface area contributed by atoms with Gasteiger partial charge in [0.2, 0.25) is 0 Å². The van der Waals surface area contributed by atoms with Crippen LogP contribution in [0.1, 0.15) is 5.76 Å². The zero-order valence-electron chi connectivity index (χ0n) is 6.89. The summed E-state index contributed by atoms with van der Waals surface area (Å²) in [6.45, 7) is 0. The van der Waals surface area contributed by atoms with Gasteiger partial charge in [0.05, 0.1) is 10.3 Å². The van der Waals surface area contributed by atoms with Crippen LogP contribution in [0.25, 0.3) is 11.0 Å². The van der Waals surface area contributed by atoms with Gasteiger partial charge < -0.3 is 4.42 Å². The summed E-state index contributed by atoms with van der Waals surface area (Å²) in [5.41, 5.74) is -0.00634. The summed E-state index contributed by atoms with van der Waals surface area (Å²) in [6.07, 6.45) is 1.41. The minimum Gasteiger partial charge on any atom is -0.445 e. The SMILES string of the molecule is O=[C]c1oc2ccccc2c1[N+](=O)[O-]. The predicted octanol–water partition coefficient (Wildman–Crippen LogP) is 1.80. The summed E-state index contributed by atoms with van der Waals surface area (Å²) in [6, 6.07) is 6.39. The summed E-state index contributed by atoms with van der Waals surface area (Å²) < 4.78 is 4.94. The Morgan fingerprint density at radius 3 is 2.71 bits per heavy atom. The van der Waals surface area contributed by atoms with E-state index in [0.29, 0.717) is 11.0 Å². The molecule has 1 aromatic carbocycles. The molecule has 0 saturated carbocycles. The molecule has 0 unspecified atom stereocenters. The van der Waals surface area contributed by atoms with Gasteiger partial charge in [-0.2, -0.15) is 0 Å². The van der Waals surface area contributed by atoms with E-state index in [2.05, 4.69) is 0 Å². The molecule has 0 aliphatic heterocycles. The smallest absolute Gasteiger partial charge is 0.326 e. The maximum absolute atomic E-state index is 10.6. The van der Waals surface area contributed by atoms with Gasteiger partial charge in [0.1, 0.15) is 5.58 Å². The Morgan fingerprint density at radius 1 is 1.36 bits per heavy atom. The van der Waals surface area contributed by atoms with E-state index in [-0.39, 0.29) is 11.4 Å². The van der Waals surface area contributed by atoms with Crippen LogP contribution in [0.2, 0.25) is 0 Å². The highest BCUT2D eigenvalue weighted by Gasteiger charge is 2.23. The van der Waals surface area contributed by atoms with E-state index < -0.39 is 4.92 Å². The first-order valence-corrected chi connectivity index (χ1v) is 3.78. The molecule has 2 aromatic rings. The first-order valence-electron chi connectivity index (χ1n) is 3.78. The van der Waals surface area contributed by atoms with E-state index in [0.717, 1.165) is 0 Å². The highest BCUT2D eigenvalue weighted by Crippen LogP contribution is 2.30. The van der Waals surface area contributed by atoms with Gasteiger partial charge in [-0.3, -0.25) is 14.9 Å². The van der Waals surface area contributed by atoms with Crippen molar-refractivity contribution < 1.29 is 14.1 Å². The molecule has 69 valence electrons. The number of furan rings is 1. The van der Waals surface area contributed by atoms with Crippen molar-refractivity contribution in [3.05, 3.63) is 40.1 Å². The maximum atomic E-state index is 10.6. The maximum Gasteiger partial charge on any atom is 0.326 e. The van der Waals surface area contributed by atoms with Crippen LogP contribution in [0.15, 0.2) is 28.7 Å². The van der Waals surface area contributed by atoms with Crippen molar-refractivity contribution in [1.82, 2.24) is 0 Å². The van der Waals surface area contributed by atoms with E-state index in [4.69, 9.17) is 4.42 Å². The summed E-state index contributed by atoms with van der Waals surface area (Å²) >= 11 is 0. The van der Waals surface area contributed by atoms with Crippen molar-refractivity contribution in [2.75, 3.05) is 0 Å². The van der Waals surface area contributed by atoms with E-state index >= 15 is 0 Å². The van der Waals surface area contributed by atoms with Gasteiger partial charge in [-0.05, 0) is 12.1 Å². The lowest BCUT2D eigenvalue weighted by atomic mass is 10.2. The van der Waals surface area contributed by atoms with Gasteiger partial charge in [0, 0.05) is 0 Å². The molecule has 0 N–H and O–H groups in total. The average Bonchev–Trinajstić information content (AvgIpc) is 2.55. The van der Waals surface area contributed by atoms with Crippen LogP contribution in [0, 0.1) is 10.1 Å². The van der Waals surface area contributed by atoms with Crippen LogP contribution < -0.4 is 0 Å². The standard InChI is InChI=1S/C9H4NO4/c11-5-8-9(10(12)13)6-3-1-2-4-7(6)14-8/h1-4H. The van der Waals surface area contributed by atoms with E-state index in [1.807, 2.05) is 0 Å². The molecule has 1 aromatic heterocycles. The monoisotopic (exact) mass is 190 g/mol. The number of hydrogen-bond acceptors (Lipinski definition) is 4. The third-order valence-electron chi connectivity index (χ3n) is 1.84. The second-order valence-corrected chi connectivity index (χ2v) is 2.64. The Hall–Kier alpha value is -2.17. The normalized spacial score (nSPS) is 10.3. The number of hydrogen-bond donors (Lipinski definition) is 0. The number of fused-ring (bicyclic) bond motifs is 1. The topological polar surface area (TPSA) is 73.3 Å². The molecule has 0 spiro atoms. The minimum absolute atomic E-state index is 0.316. The van der Waals surface area contributed by atoms with E-state index in [1.54, 1.807) is 18.2 Å². The zero-order valence-corrected chi connectivity index (χ0v) is 6.89. The van der Waals surface area contributed by atoms with Crippen molar-refractivity contribution in [3.8, 4) is 0 Å². The second kappa shape index (κ2) is 2.95.